The standard InChI is InChI=1S/C11H15.C2H7N/c1-2-3-5-8-11-9-6-4-7-10-11;1-3-2/h4,6-7,9-10H,1-3,5,8H2;3H,1-2H3. The van der Waals surface area contributed by atoms with Gasteiger partial charge in [0.1, 0.15) is 0 Å². The SMILES string of the molecule is CNC.[CH2]CCCCc1ccccc1. The first-order valence-electron chi connectivity index (χ1n) is 5.26. The Kier molecular flexibility index (Phi) is 9.66. The summed E-state index contributed by atoms with van der Waals surface area (Å²) in [5, 5.41) is 2.75. The van der Waals surface area contributed by atoms with Gasteiger partial charge in [-0.1, -0.05) is 50.1 Å². The van der Waals surface area contributed by atoms with E-state index in [4.69, 9.17) is 0 Å². The zero-order chi connectivity index (χ0) is 10.6. The Hall–Kier alpha value is -0.820. The van der Waals surface area contributed by atoms with E-state index in [-0.39, 0.29) is 0 Å². The van der Waals surface area contributed by atoms with Crippen molar-refractivity contribution in [3.63, 3.8) is 0 Å². The summed E-state index contributed by atoms with van der Waals surface area (Å²) in [5.74, 6) is 0. The van der Waals surface area contributed by atoms with E-state index < -0.39 is 0 Å². The summed E-state index contributed by atoms with van der Waals surface area (Å²) < 4.78 is 0. The van der Waals surface area contributed by atoms with Gasteiger partial charge in [0.15, 0.2) is 0 Å². The van der Waals surface area contributed by atoms with Crippen molar-refractivity contribution in [1.82, 2.24) is 5.32 Å². The third-order valence-corrected chi connectivity index (χ3v) is 1.81. The Morgan fingerprint density at radius 1 is 1.07 bits per heavy atom. The van der Waals surface area contributed by atoms with Gasteiger partial charge < -0.3 is 5.32 Å². The van der Waals surface area contributed by atoms with E-state index in [0.29, 0.717) is 0 Å². The van der Waals surface area contributed by atoms with Crippen LogP contribution in [0, 0.1) is 6.92 Å². The molecule has 0 atom stereocenters. The van der Waals surface area contributed by atoms with Crippen molar-refractivity contribution < 1.29 is 0 Å². The van der Waals surface area contributed by atoms with Crippen LogP contribution in [0.5, 0.6) is 0 Å². The molecule has 1 radical (unpaired) electrons. The number of rotatable bonds is 4. The van der Waals surface area contributed by atoms with Gasteiger partial charge >= 0.3 is 0 Å². The van der Waals surface area contributed by atoms with Gasteiger partial charge in [0, 0.05) is 0 Å². The van der Waals surface area contributed by atoms with Gasteiger partial charge in [0.25, 0.3) is 0 Å². The molecule has 0 aromatic heterocycles. The fourth-order valence-corrected chi connectivity index (χ4v) is 1.15. The van der Waals surface area contributed by atoms with Crippen LogP contribution in [0.3, 0.4) is 0 Å². The lowest BCUT2D eigenvalue weighted by molar-refractivity contribution is 0.746. The number of benzene rings is 1. The van der Waals surface area contributed by atoms with E-state index in [9.17, 15) is 0 Å². The lowest BCUT2D eigenvalue weighted by Gasteiger charge is -1.98. The predicted octanol–water partition coefficient (Wildman–Crippen LogP) is 3.07. The van der Waals surface area contributed by atoms with Crippen molar-refractivity contribution in [2.24, 2.45) is 0 Å². The Labute approximate surface area is 88.5 Å². The fraction of sp³-hybridized carbons (Fsp3) is 0.462. The van der Waals surface area contributed by atoms with E-state index in [1.165, 1.54) is 24.8 Å². The molecule has 1 rings (SSSR count). The molecule has 1 nitrogen and oxygen atoms in total. The minimum Gasteiger partial charge on any atom is -0.323 e. The molecular weight excluding hydrogens is 170 g/mol. The van der Waals surface area contributed by atoms with Crippen LogP contribution in [0.1, 0.15) is 24.8 Å². The highest BCUT2D eigenvalue weighted by Gasteiger charge is 1.89. The molecule has 0 heterocycles. The van der Waals surface area contributed by atoms with Gasteiger partial charge in [-0.2, -0.15) is 0 Å². The van der Waals surface area contributed by atoms with Crippen LogP contribution in [-0.2, 0) is 6.42 Å². The van der Waals surface area contributed by atoms with E-state index in [0.717, 1.165) is 6.42 Å². The molecule has 0 aliphatic heterocycles. The van der Waals surface area contributed by atoms with Gasteiger partial charge in [-0.15, -0.1) is 0 Å². The van der Waals surface area contributed by atoms with Crippen molar-refractivity contribution in [2.75, 3.05) is 14.1 Å². The maximum Gasteiger partial charge on any atom is -0.0167 e. The van der Waals surface area contributed by atoms with Crippen LogP contribution in [0.25, 0.3) is 0 Å². The molecule has 0 spiro atoms. The Balaban J connectivity index is 0.000000500. The number of hydrogen-bond acceptors (Lipinski definition) is 1. The second-order valence-corrected chi connectivity index (χ2v) is 3.30. The number of nitrogens with one attached hydrogen (secondary N) is 1. The first-order valence-corrected chi connectivity index (χ1v) is 5.26. The fourth-order valence-electron chi connectivity index (χ4n) is 1.15. The summed E-state index contributed by atoms with van der Waals surface area (Å²) in [6.07, 6.45) is 4.78. The number of unbranched alkanes of at least 4 members (excludes halogenated alkanes) is 2. The van der Waals surface area contributed by atoms with Crippen LogP contribution in [0.4, 0.5) is 0 Å². The zero-order valence-corrected chi connectivity index (χ0v) is 9.42. The second-order valence-electron chi connectivity index (χ2n) is 3.30. The number of hydrogen-bond donors (Lipinski definition) is 1. The van der Waals surface area contributed by atoms with Gasteiger partial charge in [0.05, 0.1) is 0 Å². The third kappa shape index (κ3) is 7.81. The Morgan fingerprint density at radius 3 is 2.14 bits per heavy atom. The average Bonchev–Trinajstić information content (AvgIpc) is 2.21. The summed E-state index contributed by atoms with van der Waals surface area (Å²) in [6.45, 7) is 3.82. The molecule has 0 saturated carbocycles. The molecule has 1 heteroatoms. The highest BCUT2D eigenvalue weighted by atomic mass is 14.7. The highest BCUT2D eigenvalue weighted by molar-refractivity contribution is 5.14. The van der Waals surface area contributed by atoms with E-state index >= 15 is 0 Å². The zero-order valence-electron chi connectivity index (χ0n) is 9.42. The molecule has 1 aromatic carbocycles. The van der Waals surface area contributed by atoms with Gasteiger partial charge in [-0.05, 0) is 32.5 Å². The molecule has 0 aliphatic carbocycles. The largest absolute Gasteiger partial charge is 0.323 e. The number of aryl methyl sites for hydroxylation is 1. The van der Waals surface area contributed by atoms with Crippen LogP contribution in [-0.4, -0.2) is 14.1 Å². The third-order valence-electron chi connectivity index (χ3n) is 1.81. The minimum absolute atomic E-state index is 1.06. The van der Waals surface area contributed by atoms with Crippen LogP contribution >= 0.6 is 0 Å². The molecule has 0 saturated heterocycles. The molecule has 0 aliphatic rings. The Morgan fingerprint density at radius 2 is 1.64 bits per heavy atom. The Bertz CT molecular complexity index is 194. The van der Waals surface area contributed by atoms with E-state index in [2.05, 4.69) is 42.6 Å². The van der Waals surface area contributed by atoms with Gasteiger partial charge in [-0.25, -0.2) is 0 Å². The molecular formula is C13H22N. The van der Waals surface area contributed by atoms with Crippen molar-refractivity contribution in [3.8, 4) is 0 Å². The minimum atomic E-state index is 1.06. The topological polar surface area (TPSA) is 12.0 Å². The van der Waals surface area contributed by atoms with Crippen molar-refractivity contribution in [2.45, 2.75) is 25.7 Å². The van der Waals surface area contributed by atoms with Crippen LogP contribution in [0.2, 0.25) is 0 Å². The van der Waals surface area contributed by atoms with E-state index in [1.54, 1.807) is 0 Å². The lowest BCUT2D eigenvalue weighted by Crippen LogP contribution is -1.89. The smallest absolute Gasteiger partial charge is 0.0167 e. The molecule has 14 heavy (non-hydrogen) atoms. The van der Waals surface area contributed by atoms with E-state index in [1.807, 2.05) is 14.1 Å². The van der Waals surface area contributed by atoms with Crippen molar-refractivity contribution in [3.05, 3.63) is 42.8 Å². The van der Waals surface area contributed by atoms with Gasteiger partial charge in [0.2, 0.25) is 0 Å². The first kappa shape index (κ1) is 13.2. The molecule has 0 unspecified atom stereocenters. The average molecular weight is 192 g/mol. The normalized spacial score (nSPS) is 9.07. The van der Waals surface area contributed by atoms with Crippen molar-refractivity contribution >= 4 is 0 Å². The molecule has 0 fully saturated rings. The molecule has 79 valence electrons. The molecule has 1 aromatic rings. The summed E-state index contributed by atoms with van der Waals surface area (Å²) in [7, 11) is 3.75. The lowest BCUT2D eigenvalue weighted by atomic mass is 10.1. The first-order chi connectivity index (χ1) is 6.85. The molecule has 0 bridgehead atoms. The maximum absolute atomic E-state index is 3.82. The van der Waals surface area contributed by atoms with Gasteiger partial charge in [-0.3, -0.25) is 0 Å². The second kappa shape index (κ2) is 10.3. The molecule has 0 amide bonds. The predicted molar refractivity (Wildman–Crippen MR) is 64.3 cm³/mol. The monoisotopic (exact) mass is 192 g/mol. The van der Waals surface area contributed by atoms with Crippen LogP contribution in [0.15, 0.2) is 30.3 Å². The highest BCUT2D eigenvalue weighted by Crippen LogP contribution is 2.05. The summed E-state index contributed by atoms with van der Waals surface area (Å²) >= 11 is 0. The molecule has 1 N–H and O–H groups in total. The van der Waals surface area contributed by atoms with Crippen LogP contribution < -0.4 is 5.32 Å². The van der Waals surface area contributed by atoms with Crippen molar-refractivity contribution in [1.29, 1.82) is 0 Å². The summed E-state index contributed by atoms with van der Waals surface area (Å²) in [5.41, 5.74) is 1.45. The quantitative estimate of drug-likeness (QED) is 0.723. The maximum atomic E-state index is 3.82. The summed E-state index contributed by atoms with van der Waals surface area (Å²) in [6, 6.07) is 10.6. The summed E-state index contributed by atoms with van der Waals surface area (Å²) in [4.78, 5) is 0.